The molecule has 0 aliphatic rings. The number of carbonyl (C=O) groups is 3. The van der Waals surface area contributed by atoms with Gasteiger partial charge >= 0.3 is 5.97 Å². The zero-order valence-corrected chi connectivity index (χ0v) is 14.5. The number of halogens is 1. The van der Waals surface area contributed by atoms with Crippen LogP contribution in [-0.4, -0.2) is 54.0 Å². The van der Waals surface area contributed by atoms with Crippen molar-refractivity contribution >= 4 is 17.8 Å². The molecule has 0 fully saturated rings. The molecule has 0 heterocycles. The lowest BCUT2D eigenvalue weighted by Gasteiger charge is -2.26. The van der Waals surface area contributed by atoms with Crippen LogP contribution in [0.15, 0.2) is 18.2 Å². The van der Waals surface area contributed by atoms with Gasteiger partial charge in [-0.3, -0.25) is 9.59 Å². The lowest BCUT2D eigenvalue weighted by molar-refractivity contribution is -0.149. The highest BCUT2D eigenvalue weighted by Crippen LogP contribution is 2.18. The van der Waals surface area contributed by atoms with Crippen LogP contribution >= 0.6 is 0 Å². The zero-order valence-electron chi connectivity index (χ0n) is 14.5. The molecule has 1 unspecified atom stereocenters. The fourth-order valence-corrected chi connectivity index (χ4v) is 2.28. The Hall–Kier alpha value is -2.64. The number of carboxylic acids is 1. The summed E-state index contributed by atoms with van der Waals surface area (Å²) < 4.78 is 18.5. The smallest absolute Gasteiger partial charge is 0.326 e. The van der Waals surface area contributed by atoms with Gasteiger partial charge in [-0.25, -0.2) is 9.18 Å². The minimum atomic E-state index is -1.13. The van der Waals surface area contributed by atoms with Gasteiger partial charge in [0.25, 0.3) is 0 Å². The summed E-state index contributed by atoms with van der Waals surface area (Å²) >= 11 is 0. The summed E-state index contributed by atoms with van der Waals surface area (Å²) in [7, 11) is 1.36. The van der Waals surface area contributed by atoms with E-state index in [1.807, 2.05) is 0 Å². The normalized spacial score (nSPS) is 11.5. The summed E-state index contributed by atoms with van der Waals surface area (Å²) in [6.07, 6.45) is 0.298. The van der Waals surface area contributed by atoms with E-state index >= 15 is 0 Å². The Morgan fingerprint density at radius 3 is 2.56 bits per heavy atom. The molecule has 7 nitrogen and oxygen atoms in total. The largest absolute Gasteiger partial charge is 0.494 e. The minimum absolute atomic E-state index is 0.0312. The molecule has 1 aromatic rings. The number of carboxylic acid groups (broad SMARTS) is 1. The van der Waals surface area contributed by atoms with Gasteiger partial charge in [0.2, 0.25) is 11.8 Å². The second-order valence-corrected chi connectivity index (χ2v) is 5.55. The van der Waals surface area contributed by atoms with Crippen molar-refractivity contribution < 1.29 is 28.6 Å². The summed E-state index contributed by atoms with van der Waals surface area (Å²) in [5, 5.41) is 11.7. The predicted molar refractivity (Wildman–Crippen MR) is 88.8 cm³/mol. The molecule has 0 spiro atoms. The molecule has 25 heavy (non-hydrogen) atoms. The number of aryl methyl sites for hydroxylation is 1. The van der Waals surface area contributed by atoms with Crippen LogP contribution < -0.4 is 10.1 Å². The summed E-state index contributed by atoms with van der Waals surface area (Å²) in [6, 6.07) is 3.39. The number of ether oxygens (including phenoxy) is 1. The van der Waals surface area contributed by atoms with E-state index in [2.05, 4.69) is 5.32 Å². The van der Waals surface area contributed by atoms with Gasteiger partial charge in [0, 0.05) is 26.4 Å². The van der Waals surface area contributed by atoms with Gasteiger partial charge in [0.1, 0.15) is 6.04 Å². The van der Waals surface area contributed by atoms with E-state index in [1.165, 1.54) is 38.0 Å². The molecule has 0 saturated heterocycles. The topological polar surface area (TPSA) is 95.9 Å². The number of benzene rings is 1. The van der Waals surface area contributed by atoms with Crippen LogP contribution in [0, 0.1) is 5.82 Å². The van der Waals surface area contributed by atoms with Gasteiger partial charge in [-0.1, -0.05) is 6.07 Å². The number of hydrogen-bond donors (Lipinski definition) is 2. The van der Waals surface area contributed by atoms with Gasteiger partial charge in [-0.05, 0) is 31.0 Å². The average molecular weight is 354 g/mol. The Balaban J connectivity index is 2.71. The van der Waals surface area contributed by atoms with Crippen LogP contribution in [0.5, 0.6) is 5.75 Å². The highest BCUT2D eigenvalue weighted by Gasteiger charge is 2.25. The number of amides is 2. The lowest BCUT2D eigenvalue weighted by atomic mass is 10.1. The molecule has 138 valence electrons. The first-order chi connectivity index (χ1) is 11.8. The number of methoxy groups -OCH3 is 1. The third kappa shape index (κ3) is 6.40. The summed E-state index contributed by atoms with van der Waals surface area (Å²) in [5.74, 6) is -2.17. The van der Waals surface area contributed by atoms with Crippen molar-refractivity contribution in [3.05, 3.63) is 29.6 Å². The molecule has 8 heteroatoms. The van der Waals surface area contributed by atoms with E-state index in [1.54, 1.807) is 6.07 Å². The first-order valence-corrected chi connectivity index (χ1v) is 7.85. The molecule has 0 aliphatic carbocycles. The van der Waals surface area contributed by atoms with E-state index < -0.39 is 17.8 Å². The maximum atomic E-state index is 13.7. The van der Waals surface area contributed by atoms with E-state index in [4.69, 9.17) is 9.84 Å². The molecule has 1 rings (SSSR count). The summed E-state index contributed by atoms with van der Waals surface area (Å²) in [6.45, 7) is 2.99. The van der Waals surface area contributed by atoms with Crippen LogP contribution in [0.1, 0.15) is 25.8 Å². The molecule has 0 saturated carbocycles. The van der Waals surface area contributed by atoms with Crippen LogP contribution in [0.25, 0.3) is 0 Å². The molecule has 0 aliphatic heterocycles. The van der Waals surface area contributed by atoms with Gasteiger partial charge in [0.05, 0.1) is 7.11 Å². The fourth-order valence-electron chi connectivity index (χ4n) is 2.28. The number of nitrogens with zero attached hydrogens (tertiary/aromatic N) is 1. The fraction of sp³-hybridized carbons (Fsp3) is 0.471. The molecule has 1 aromatic carbocycles. The first kappa shape index (κ1) is 20.4. The average Bonchev–Trinajstić information content (AvgIpc) is 2.55. The molecule has 1 atom stereocenters. The first-order valence-electron chi connectivity index (χ1n) is 7.85. The second-order valence-electron chi connectivity index (χ2n) is 5.55. The number of hydrogen-bond acceptors (Lipinski definition) is 4. The Morgan fingerprint density at radius 2 is 2.04 bits per heavy atom. The Morgan fingerprint density at radius 1 is 1.36 bits per heavy atom. The lowest BCUT2D eigenvalue weighted by Crippen LogP contribution is -2.46. The van der Waals surface area contributed by atoms with Crippen molar-refractivity contribution in [2.75, 3.05) is 20.2 Å². The second kappa shape index (κ2) is 9.61. The minimum Gasteiger partial charge on any atom is -0.494 e. The SMILES string of the molecule is COc1ccc(CCC(=O)N(CCNC(C)=O)C(C)C(=O)O)cc1F. The number of nitrogens with one attached hydrogen (secondary N) is 1. The van der Waals surface area contributed by atoms with E-state index in [9.17, 15) is 18.8 Å². The standard InChI is InChI=1S/C17H23FN2O5/c1-11(17(23)24)20(9-8-19-12(2)21)16(22)7-5-13-4-6-15(25-3)14(18)10-13/h4,6,10-11H,5,7-9H2,1-3H3,(H,19,21)(H,23,24). The third-order valence-electron chi connectivity index (χ3n) is 3.72. The Bertz CT molecular complexity index is 635. The third-order valence-corrected chi connectivity index (χ3v) is 3.72. The van der Waals surface area contributed by atoms with Crippen molar-refractivity contribution in [1.82, 2.24) is 10.2 Å². The van der Waals surface area contributed by atoms with Crippen LogP contribution in [0.4, 0.5) is 4.39 Å². The summed E-state index contributed by atoms with van der Waals surface area (Å²) in [4.78, 5) is 35.7. The summed E-state index contributed by atoms with van der Waals surface area (Å²) in [5.41, 5.74) is 0.608. The maximum Gasteiger partial charge on any atom is 0.326 e. The molecule has 0 aromatic heterocycles. The number of rotatable bonds is 9. The molecule has 2 amide bonds. The van der Waals surface area contributed by atoms with Crippen LogP contribution in [0.2, 0.25) is 0 Å². The molecular weight excluding hydrogens is 331 g/mol. The Labute approximate surface area is 145 Å². The van der Waals surface area contributed by atoms with Gasteiger partial charge in [-0.15, -0.1) is 0 Å². The quantitative estimate of drug-likeness (QED) is 0.695. The highest BCUT2D eigenvalue weighted by atomic mass is 19.1. The maximum absolute atomic E-state index is 13.7. The van der Waals surface area contributed by atoms with Crippen molar-refractivity contribution in [1.29, 1.82) is 0 Å². The Kier molecular flexibility index (Phi) is 7.84. The van der Waals surface area contributed by atoms with Gasteiger partial charge in [0.15, 0.2) is 11.6 Å². The number of aliphatic carboxylic acids is 1. The molecular formula is C17H23FN2O5. The zero-order chi connectivity index (χ0) is 19.0. The van der Waals surface area contributed by atoms with Crippen molar-refractivity contribution in [2.24, 2.45) is 0 Å². The van der Waals surface area contributed by atoms with E-state index in [0.717, 1.165) is 0 Å². The molecule has 2 N–H and O–H groups in total. The van der Waals surface area contributed by atoms with Crippen molar-refractivity contribution in [2.45, 2.75) is 32.7 Å². The highest BCUT2D eigenvalue weighted by molar-refractivity contribution is 5.83. The van der Waals surface area contributed by atoms with Gasteiger partial charge < -0.3 is 20.1 Å². The van der Waals surface area contributed by atoms with E-state index in [-0.39, 0.29) is 43.5 Å². The van der Waals surface area contributed by atoms with Gasteiger partial charge in [-0.2, -0.15) is 0 Å². The molecule has 0 radical (unpaired) electrons. The monoisotopic (exact) mass is 354 g/mol. The van der Waals surface area contributed by atoms with Crippen LogP contribution in [0.3, 0.4) is 0 Å². The predicted octanol–water partition coefficient (Wildman–Crippen LogP) is 1.20. The number of carbonyl (C=O) groups excluding carboxylic acids is 2. The van der Waals surface area contributed by atoms with Crippen LogP contribution in [-0.2, 0) is 20.8 Å². The van der Waals surface area contributed by atoms with Crippen molar-refractivity contribution in [3.63, 3.8) is 0 Å². The molecule has 0 bridgehead atoms. The van der Waals surface area contributed by atoms with E-state index in [0.29, 0.717) is 5.56 Å². The van der Waals surface area contributed by atoms with Crippen molar-refractivity contribution in [3.8, 4) is 5.75 Å².